The Morgan fingerprint density at radius 3 is 2.54 bits per heavy atom. The Bertz CT molecular complexity index is 977. The van der Waals surface area contributed by atoms with Gasteiger partial charge in [0.2, 0.25) is 5.95 Å². The fourth-order valence-corrected chi connectivity index (χ4v) is 3.14. The minimum Gasteiger partial charge on any atom is -0.478 e. The van der Waals surface area contributed by atoms with Crippen molar-refractivity contribution in [2.45, 2.75) is 12.8 Å². The molecule has 0 radical (unpaired) electrons. The van der Waals surface area contributed by atoms with Gasteiger partial charge in [-0.15, -0.1) is 0 Å². The van der Waals surface area contributed by atoms with E-state index in [9.17, 15) is 9.90 Å². The number of fused-ring (bicyclic) bond motifs is 1. The average Bonchev–Trinajstić information content (AvgIpc) is 3.21. The molecule has 6 nitrogen and oxygen atoms in total. The molecule has 2 aromatic heterocycles. The number of anilines is 1. The quantitative estimate of drug-likeness (QED) is 0.779. The summed E-state index contributed by atoms with van der Waals surface area (Å²) in [6, 6.07) is 8.82. The first-order valence-corrected chi connectivity index (χ1v) is 8.59. The van der Waals surface area contributed by atoms with Gasteiger partial charge < -0.3 is 10.0 Å². The number of para-hydroxylation sites is 1. The molecule has 1 aliphatic rings. The highest BCUT2D eigenvalue weighted by atomic mass is 16.4. The zero-order valence-corrected chi connectivity index (χ0v) is 14.2. The van der Waals surface area contributed by atoms with E-state index in [0.29, 0.717) is 16.6 Å². The monoisotopic (exact) mass is 346 g/mol. The zero-order valence-electron chi connectivity index (χ0n) is 14.2. The molecular weight excluding hydrogens is 328 g/mol. The number of rotatable bonds is 4. The number of benzene rings is 1. The van der Waals surface area contributed by atoms with Crippen LogP contribution in [-0.4, -0.2) is 39.1 Å². The fourth-order valence-electron chi connectivity index (χ4n) is 3.14. The number of pyridine rings is 1. The summed E-state index contributed by atoms with van der Waals surface area (Å²) in [5, 5.41) is 10.1. The number of nitrogens with zero attached hydrogens (tertiary/aromatic N) is 4. The summed E-state index contributed by atoms with van der Waals surface area (Å²) in [5.41, 5.74) is 2.34. The van der Waals surface area contributed by atoms with Crippen LogP contribution in [0.4, 0.5) is 5.95 Å². The zero-order chi connectivity index (χ0) is 17.9. The van der Waals surface area contributed by atoms with Gasteiger partial charge in [-0.25, -0.2) is 19.7 Å². The summed E-state index contributed by atoms with van der Waals surface area (Å²) in [6.07, 6.45) is 9.55. The van der Waals surface area contributed by atoms with Crippen molar-refractivity contribution in [2.75, 3.05) is 18.0 Å². The molecule has 0 bridgehead atoms. The van der Waals surface area contributed by atoms with Crippen LogP contribution in [0.1, 0.15) is 34.5 Å². The molecule has 0 amide bonds. The van der Waals surface area contributed by atoms with Crippen LogP contribution in [0.3, 0.4) is 0 Å². The van der Waals surface area contributed by atoms with Crippen molar-refractivity contribution in [3.8, 4) is 0 Å². The van der Waals surface area contributed by atoms with Gasteiger partial charge >= 0.3 is 5.97 Å². The first-order valence-electron chi connectivity index (χ1n) is 8.59. The highest BCUT2D eigenvalue weighted by molar-refractivity contribution is 6.03. The first-order chi connectivity index (χ1) is 12.7. The van der Waals surface area contributed by atoms with Crippen molar-refractivity contribution in [3.63, 3.8) is 0 Å². The van der Waals surface area contributed by atoms with Crippen molar-refractivity contribution < 1.29 is 9.90 Å². The molecule has 3 aromatic rings. The summed E-state index contributed by atoms with van der Waals surface area (Å²) in [4.78, 5) is 27.1. The summed E-state index contributed by atoms with van der Waals surface area (Å²) in [6.45, 7) is 2.02. The lowest BCUT2D eigenvalue weighted by atomic mass is 10.1. The van der Waals surface area contributed by atoms with E-state index in [0.717, 1.165) is 24.6 Å². The fraction of sp³-hybridized carbons (Fsp3) is 0.200. The summed E-state index contributed by atoms with van der Waals surface area (Å²) in [7, 11) is 0. The molecule has 26 heavy (non-hydrogen) atoms. The van der Waals surface area contributed by atoms with Crippen LogP contribution in [-0.2, 0) is 0 Å². The summed E-state index contributed by atoms with van der Waals surface area (Å²) >= 11 is 0. The van der Waals surface area contributed by atoms with Crippen LogP contribution in [0, 0.1) is 0 Å². The van der Waals surface area contributed by atoms with Gasteiger partial charge in [-0.3, -0.25) is 0 Å². The van der Waals surface area contributed by atoms with Gasteiger partial charge in [0, 0.05) is 36.4 Å². The summed E-state index contributed by atoms with van der Waals surface area (Å²) < 4.78 is 0. The number of carboxylic acid groups (broad SMARTS) is 1. The van der Waals surface area contributed by atoms with E-state index in [4.69, 9.17) is 0 Å². The van der Waals surface area contributed by atoms with E-state index in [1.807, 2.05) is 24.3 Å². The smallest absolute Gasteiger partial charge is 0.336 e. The number of carboxylic acids is 1. The average molecular weight is 346 g/mol. The van der Waals surface area contributed by atoms with Crippen LogP contribution in [0.25, 0.3) is 23.1 Å². The van der Waals surface area contributed by atoms with E-state index in [-0.39, 0.29) is 5.56 Å². The number of aromatic nitrogens is 3. The third-order valence-electron chi connectivity index (χ3n) is 4.46. The van der Waals surface area contributed by atoms with Crippen LogP contribution >= 0.6 is 0 Å². The van der Waals surface area contributed by atoms with E-state index in [1.54, 1.807) is 30.6 Å². The van der Waals surface area contributed by atoms with Crippen molar-refractivity contribution >= 4 is 35.0 Å². The van der Waals surface area contributed by atoms with Crippen LogP contribution in [0.2, 0.25) is 0 Å². The molecule has 6 heteroatoms. The minimum absolute atomic E-state index is 0.246. The maximum absolute atomic E-state index is 11.5. The van der Waals surface area contributed by atoms with Crippen molar-refractivity contribution in [2.24, 2.45) is 0 Å². The van der Waals surface area contributed by atoms with Crippen LogP contribution in [0.5, 0.6) is 0 Å². The Labute approximate surface area is 150 Å². The van der Waals surface area contributed by atoms with Gasteiger partial charge in [0.15, 0.2) is 0 Å². The Balaban J connectivity index is 1.61. The van der Waals surface area contributed by atoms with E-state index < -0.39 is 5.97 Å². The molecule has 130 valence electrons. The molecule has 1 aromatic carbocycles. The number of carbonyl (C=O) groups is 1. The molecule has 1 saturated heterocycles. The lowest BCUT2D eigenvalue weighted by Crippen LogP contribution is -2.20. The topological polar surface area (TPSA) is 79.2 Å². The van der Waals surface area contributed by atoms with Crippen LogP contribution < -0.4 is 4.90 Å². The Hall–Kier alpha value is -3.28. The molecule has 1 aliphatic heterocycles. The van der Waals surface area contributed by atoms with Gasteiger partial charge in [-0.05, 0) is 37.1 Å². The second kappa shape index (κ2) is 6.92. The largest absolute Gasteiger partial charge is 0.478 e. The number of hydrogen-bond donors (Lipinski definition) is 1. The Morgan fingerprint density at radius 2 is 1.81 bits per heavy atom. The highest BCUT2D eigenvalue weighted by Gasteiger charge is 2.14. The molecule has 3 heterocycles. The minimum atomic E-state index is -0.962. The van der Waals surface area contributed by atoms with Gasteiger partial charge in [0.1, 0.15) is 0 Å². The molecule has 4 rings (SSSR count). The highest BCUT2D eigenvalue weighted by Crippen LogP contribution is 2.20. The SMILES string of the molecule is O=C(O)c1cc(/C=C/c2cnc(N3CCCC3)nc2)nc2ccccc12. The molecule has 1 fully saturated rings. The van der Waals surface area contributed by atoms with Crippen molar-refractivity contribution in [1.82, 2.24) is 15.0 Å². The second-order valence-electron chi connectivity index (χ2n) is 6.26. The Morgan fingerprint density at radius 1 is 1.08 bits per heavy atom. The lowest BCUT2D eigenvalue weighted by molar-refractivity contribution is 0.0699. The predicted octanol–water partition coefficient (Wildman–Crippen LogP) is 3.49. The number of hydrogen-bond acceptors (Lipinski definition) is 5. The van der Waals surface area contributed by atoms with Gasteiger partial charge in [0.05, 0.1) is 16.8 Å². The van der Waals surface area contributed by atoms with Gasteiger partial charge in [-0.2, -0.15) is 0 Å². The number of aromatic carboxylic acids is 1. The second-order valence-corrected chi connectivity index (χ2v) is 6.26. The Kier molecular flexibility index (Phi) is 4.31. The third kappa shape index (κ3) is 3.26. The third-order valence-corrected chi connectivity index (χ3v) is 4.46. The maximum Gasteiger partial charge on any atom is 0.336 e. The molecule has 0 atom stereocenters. The van der Waals surface area contributed by atoms with Crippen LogP contribution in [0.15, 0.2) is 42.7 Å². The van der Waals surface area contributed by atoms with Gasteiger partial charge in [0.25, 0.3) is 0 Å². The van der Waals surface area contributed by atoms with Gasteiger partial charge in [-0.1, -0.05) is 18.2 Å². The first kappa shape index (κ1) is 16.2. The predicted molar refractivity (Wildman–Crippen MR) is 101 cm³/mol. The molecule has 0 aliphatic carbocycles. The standard InChI is InChI=1S/C20H18N4O2/c25-19(26)17-11-15(23-18-6-2-1-5-16(17)18)8-7-14-12-21-20(22-13-14)24-9-3-4-10-24/h1-2,5-8,11-13H,3-4,9-10H2,(H,25,26)/b8-7+. The summed E-state index contributed by atoms with van der Waals surface area (Å²) in [5.74, 6) is -0.201. The molecule has 0 spiro atoms. The van der Waals surface area contributed by atoms with E-state index in [1.165, 1.54) is 12.8 Å². The van der Waals surface area contributed by atoms with E-state index >= 15 is 0 Å². The maximum atomic E-state index is 11.5. The molecular formula is C20H18N4O2. The lowest BCUT2D eigenvalue weighted by Gasteiger charge is -2.14. The molecule has 1 N–H and O–H groups in total. The van der Waals surface area contributed by atoms with E-state index in [2.05, 4.69) is 19.9 Å². The molecule has 0 unspecified atom stereocenters. The van der Waals surface area contributed by atoms with Crippen molar-refractivity contribution in [3.05, 3.63) is 59.5 Å². The van der Waals surface area contributed by atoms with Crippen molar-refractivity contribution in [1.29, 1.82) is 0 Å². The normalized spacial score (nSPS) is 14.4. The molecule has 0 saturated carbocycles.